The van der Waals surface area contributed by atoms with E-state index in [1.807, 2.05) is 25.1 Å². The maximum atomic E-state index is 10.1. The van der Waals surface area contributed by atoms with Gasteiger partial charge >= 0.3 is 0 Å². The smallest absolute Gasteiger partial charge is 0.121 e. The minimum atomic E-state index is -0.289. The minimum Gasteiger partial charge on any atom is -0.496 e. The number of aliphatic hydroxyl groups excluding tert-OH is 1. The first-order valence-corrected chi connectivity index (χ1v) is 5.55. The van der Waals surface area contributed by atoms with E-state index < -0.39 is 0 Å². The number of methoxy groups -OCH3 is 1. The number of aryl methyl sites for hydroxylation is 1. The topological polar surface area (TPSA) is 29.5 Å². The fourth-order valence-electron chi connectivity index (χ4n) is 2.11. The van der Waals surface area contributed by atoms with Crippen molar-refractivity contribution in [1.82, 2.24) is 0 Å². The van der Waals surface area contributed by atoms with Crippen LogP contribution in [0.5, 0.6) is 5.75 Å². The molecule has 1 aromatic rings. The Morgan fingerprint density at radius 2 is 2.13 bits per heavy atom. The summed E-state index contributed by atoms with van der Waals surface area (Å²) in [5.74, 6) is 1.36. The van der Waals surface area contributed by atoms with Gasteiger partial charge < -0.3 is 9.84 Å². The Kier molecular flexibility index (Phi) is 2.96. The summed E-state index contributed by atoms with van der Waals surface area (Å²) in [6.07, 6.45) is 3.29. The van der Waals surface area contributed by atoms with Crippen LogP contribution in [-0.4, -0.2) is 12.2 Å². The van der Waals surface area contributed by atoms with Crippen LogP contribution in [0.25, 0.3) is 0 Å². The van der Waals surface area contributed by atoms with Gasteiger partial charge in [0.05, 0.1) is 13.2 Å². The lowest BCUT2D eigenvalue weighted by atomic mass is 9.78. The predicted octanol–water partition coefficient (Wildman–Crippen LogP) is 2.84. The molecule has 1 saturated carbocycles. The van der Waals surface area contributed by atoms with E-state index in [0.717, 1.165) is 29.7 Å². The zero-order valence-electron chi connectivity index (χ0n) is 9.36. The number of benzene rings is 1. The maximum absolute atomic E-state index is 10.1. The summed E-state index contributed by atoms with van der Waals surface area (Å²) in [4.78, 5) is 0. The summed E-state index contributed by atoms with van der Waals surface area (Å²) >= 11 is 0. The predicted molar refractivity (Wildman–Crippen MR) is 60.0 cm³/mol. The summed E-state index contributed by atoms with van der Waals surface area (Å²) in [5.41, 5.74) is 2.12. The molecule has 0 radical (unpaired) electrons. The van der Waals surface area contributed by atoms with Gasteiger partial charge in [-0.1, -0.05) is 12.5 Å². The monoisotopic (exact) mass is 206 g/mol. The first-order valence-electron chi connectivity index (χ1n) is 5.55. The Bertz CT molecular complexity index is 342. The van der Waals surface area contributed by atoms with Gasteiger partial charge in [0.15, 0.2) is 0 Å². The zero-order chi connectivity index (χ0) is 10.8. The summed E-state index contributed by atoms with van der Waals surface area (Å²) in [7, 11) is 1.67. The highest BCUT2D eigenvalue weighted by molar-refractivity contribution is 5.37. The second-order valence-electron chi connectivity index (χ2n) is 4.36. The van der Waals surface area contributed by atoms with Crippen LogP contribution in [0.4, 0.5) is 0 Å². The molecule has 0 spiro atoms. The molecule has 2 rings (SSSR count). The summed E-state index contributed by atoms with van der Waals surface area (Å²) in [5, 5.41) is 10.1. The van der Waals surface area contributed by atoms with Gasteiger partial charge in [0.2, 0.25) is 0 Å². The van der Waals surface area contributed by atoms with Crippen LogP contribution in [0, 0.1) is 12.8 Å². The van der Waals surface area contributed by atoms with Gasteiger partial charge in [-0.05, 0) is 48.9 Å². The first kappa shape index (κ1) is 10.5. The Balaban J connectivity index is 2.17. The molecule has 0 bridgehead atoms. The maximum Gasteiger partial charge on any atom is 0.121 e. The minimum absolute atomic E-state index is 0.289. The molecule has 1 atom stereocenters. The first-order chi connectivity index (χ1) is 7.22. The average molecular weight is 206 g/mol. The molecule has 1 N–H and O–H groups in total. The van der Waals surface area contributed by atoms with Gasteiger partial charge in [0.25, 0.3) is 0 Å². The van der Waals surface area contributed by atoms with E-state index in [0.29, 0.717) is 5.92 Å². The van der Waals surface area contributed by atoms with E-state index in [1.165, 1.54) is 6.42 Å². The normalized spacial score (nSPS) is 18.3. The van der Waals surface area contributed by atoms with Crippen molar-refractivity contribution in [3.8, 4) is 5.75 Å². The number of ether oxygens (including phenoxy) is 1. The van der Waals surface area contributed by atoms with Crippen molar-refractivity contribution >= 4 is 0 Å². The molecule has 82 valence electrons. The van der Waals surface area contributed by atoms with Crippen molar-refractivity contribution in [2.24, 2.45) is 5.92 Å². The van der Waals surface area contributed by atoms with Gasteiger partial charge in [-0.25, -0.2) is 0 Å². The SMILES string of the molecule is COc1ccc(C(O)C2CCC2)cc1C. The fourth-order valence-corrected chi connectivity index (χ4v) is 2.11. The van der Waals surface area contributed by atoms with Crippen LogP contribution in [0.15, 0.2) is 18.2 Å². The molecule has 1 aliphatic carbocycles. The van der Waals surface area contributed by atoms with Crippen molar-refractivity contribution in [3.63, 3.8) is 0 Å². The number of hydrogen-bond acceptors (Lipinski definition) is 2. The zero-order valence-corrected chi connectivity index (χ0v) is 9.36. The highest BCUT2D eigenvalue weighted by Crippen LogP contribution is 2.38. The standard InChI is InChI=1S/C13H18O2/c1-9-8-11(6-7-12(9)15-2)13(14)10-4-3-5-10/h6-8,10,13-14H,3-5H2,1-2H3. The third kappa shape index (κ3) is 2.00. The van der Waals surface area contributed by atoms with Crippen LogP contribution >= 0.6 is 0 Å². The molecule has 0 saturated heterocycles. The average Bonchev–Trinajstić information content (AvgIpc) is 2.15. The highest BCUT2D eigenvalue weighted by Gasteiger charge is 2.26. The van der Waals surface area contributed by atoms with E-state index in [2.05, 4.69) is 0 Å². The number of hydrogen-bond donors (Lipinski definition) is 1. The Morgan fingerprint density at radius 3 is 2.60 bits per heavy atom. The molecule has 2 nitrogen and oxygen atoms in total. The quantitative estimate of drug-likeness (QED) is 0.824. The second kappa shape index (κ2) is 4.23. The van der Waals surface area contributed by atoms with Gasteiger partial charge in [-0.2, -0.15) is 0 Å². The Labute approximate surface area is 90.9 Å². The lowest BCUT2D eigenvalue weighted by Crippen LogP contribution is -2.20. The lowest BCUT2D eigenvalue weighted by molar-refractivity contribution is 0.0620. The molecular weight excluding hydrogens is 188 g/mol. The molecule has 1 unspecified atom stereocenters. The second-order valence-corrected chi connectivity index (χ2v) is 4.36. The van der Waals surface area contributed by atoms with Crippen molar-refractivity contribution in [2.75, 3.05) is 7.11 Å². The van der Waals surface area contributed by atoms with Crippen LogP contribution in [0.3, 0.4) is 0 Å². The van der Waals surface area contributed by atoms with Gasteiger partial charge in [0, 0.05) is 0 Å². The van der Waals surface area contributed by atoms with Crippen LogP contribution in [0.2, 0.25) is 0 Å². The van der Waals surface area contributed by atoms with Gasteiger partial charge in [-0.3, -0.25) is 0 Å². The van der Waals surface area contributed by atoms with Crippen molar-refractivity contribution < 1.29 is 9.84 Å². The summed E-state index contributed by atoms with van der Waals surface area (Å²) in [6, 6.07) is 5.93. The molecule has 0 aromatic heterocycles. The molecule has 1 fully saturated rings. The Morgan fingerprint density at radius 1 is 1.40 bits per heavy atom. The largest absolute Gasteiger partial charge is 0.496 e. The molecule has 1 aromatic carbocycles. The molecule has 2 heteroatoms. The van der Waals surface area contributed by atoms with E-state index in [4.69, 9.17) is 4.74 Å². The van der Waals surface area contributed by atoms with Crippen LogP contribution in [0.1, 0.15) is 36.5 Å². The number of aliphatic hydroxyl groups is 1. The van der Waals surface area contributed by atoms with Gasteiger partial charge in [-0.15, -0.1) is 0 Å². The fraction of sp³-hybridized carbons (Fsp3) is 0.538. The molecular formula is C13H18O2. The molecule has 15 heavy (non-hydrogen) atoms. The van der Waals surface area contributed by atoms with Crippen molar-refractivity contribution in [1.29, 1.82) is 0 Å². The van der Waals surface area contributed by atoms with Crippen molar-refractivity contribution in [3.05, 3.63) is 29.3 Å². The van der Waals surface area contributed by atoms with E-state index in [9.17, 15) is 5.11 Å². The summed E-state index contributed by atoms with van der Waals surface area (Å²) < 4.78 is 5.20. The molecule has 1 aliphatic rings. The van der Waals surface area contributed by atoms with Crippen molar-refractivity contribution in [2.45, 2.75) is 32.3 Å². The highest BCUT2D eigenvalue weighted by atomic mass is 16.5. The Hall–Kier alpha value is -1.02. The molecule has 0 aliphatic heterocycles. The lowest BCUT2D eigenvalue weighted by Gasteiger charge is -2.30. The van der Waals surface area contributed by atoms with Crippen LogP contribution < -0.4 is 4.74 Å². The van der Waals surface area contributed by atoms with E-state index in [1.54, 1.807) is 7.11 Å². The third-order valence-electron chi connectivity index (χ3n) is 3.36. The third-order valence-corrected chi connectivity index (χ3v) is 3.36. The molecule has 0 amide bonds. The summed E-state index contributed by atoms with van der Waals surface area (Å²) in [6.45, 7) is 2.01. The number of rotatable bonds is 3. The van der Waals surface area contributed by atoms with E-state index >= 15 is 0 Å². The molecule has 0 heterocycles. The van der Waals surface area contributed by atoms with Gasteiger partial charge in [0.1, 0.15) is 5.75 Å². The van der Waals surface area contributed by atoms with Crippen LogP contribution in [-0.2, 0) is 0 Å². The van der Waals surface area contributed by atoms with E-state index in [-0.39, 0.29) is 6.10 Å².